The van der Waals surface area contributed by atoms with Crippen molar-refractivity contribution in [2.45, 2.75) is 19.6 Å². The van der Waals surface area contributed by atoms with Gasteiger partial charge in [0.25, 0.3) is 0 Å². The number of carbonyl (C=O) groups is 1. The highest BCUT2D eigenvalue weighted by atomic mass is 19.4. The summed E-state index contributed by atoms with van der Waals surface area (Å²) in [6.07, 6.45) is -3.05. The molecule has 4 rings (SSSR count). The van der Waals surface area contributed by atoms with Gasteiger partial charge in [0.1, 0.15) is 11.3 Å². The molecule has 2 aromatic carbocycles. The summed E-state index contributed by atoms with van der Waals surface area (Å²) in [5.41, 5.74) is 3.63. The Kier molecular flexibility index (Phi) is 4.30. The molecule has 28 heavy (non-hydrogen) atoms. The fourth-order valence-electron chi connectivity index (χ4n) is 3.26. The van der Waals surface area contributed by atoms with Crippen molar-refractivity contribution in [3.63, 3.8) is 0 Å². The Labute approximate surface area is 158 Å². The highest BCUT2D eigenvalue weighted by molar-refractivity contribution is 6.07. The minimum absolute atomic E-state index is 0.156. The molecular formula is C21H16F3N2O2+. The molecule has 2 aromatic heterocycles. The molecule has 0 unspecified atom stereocenters. The molecule has 0 fully saturated rings. The largest absolute Gasteiger partial charge is 0.491 e. The Bertz CT molecular complexity index is 1180. The van der Waals surface area contributed by atoms with Gasteiger partial charge in [0, 0.05) is 35.4 Å². The summed E-state index contributed by atoms with van der Waals surface area (Å²) in [7, 11) is 0. The molecule has 142 valence electrons. The van der Waals surface area contributed by atoms with Gasteiger partial charge in [-0.3, -0.25) is 0 Å². The zero-order valence-corrected chi connectivity index (χ0v) is 14.9. The second-order valence-corrected chi connectivity index (χ2v) is 6.52. The molecular weight excluding hydrogens is 369 g/mol. The number of halogens is 3. The topological polar surface area (TPSA) is 46.0 Å². The number of alkyl halides is 3. The number of H-pyrrole nitrogens is 1. The number of aromatic amines is 1. The third-order valence-electron chi connectivity index (χ3n) is 4.66. The van der Waals surface area contributed by atoms with E-state index < -0.39 is 12.1 Å². The number of rotatable bonds is 3. The molecule has 0 spiro atoms. The molecule has 0 aliphatic rings. The van der Waals surface area contributed by atoms with Crippen LogP contribution in [0.25, 0.3) is 21.8 Å². The maximum absolute atomic E-state index is 12.4. The summed E-state index contributed by atoms with van der Waals surface area (Å²) < 4.78 is 43.7. The Morgan fingerprint density at radius 3 is 2.54 bits per heavy atom. The van der Waals surface area contributed by atoms with Crippen LogP contribution in [0.2, 0.25) is 0 Å². The van der Waals surface area contributed by atoms with E-state index in [1.807, 2.05) is 49.5 Å². The molecule has 4 nitrogen and oxygen atoms in total. The lowest BCUT2D eigenvalue weighted by molar-refractivity contribution is -0.693. The molecule has 0 radical (unpaired) electrons. The number of nitrogens with one attached hydrogen (secondary N) is 1. The smallest absolute Gasteiger partial charge is 0.420 e. The van der Waals surface area contributed by atoms with Crippen LogP contribution in [0.3, 0.4) is 0 Å². The molecule has 0 amide bonds. The van der Waals surface area contributed by atoms with Crippen LogP contribution >= 0.6 is 0 Å². The summed E-state index contributed by atoms with van der Waals surface area (Å²) in [6.45, 7) is 2.68. The highest BCUT2D eigenvalue weighted by Crippen LogP contribution is 2.30. The number of aromatic nitrogens is 2. The van der Waals surface area contributed by atoms with Crippen LogP contribution in [-0.4, -0.2) is 17.1 Å². The summed E-state index contributed by atoms with van der Waals surface area (Å²) in [5, 5.41) is 1.79. The average molecular weight is 385 g/mol. The monoisotopic (exact) mass is 385 g/mol. The molecule has 2 heterocycles. The van der Waals surface area contributed by atoms with Crippen LogP contribution in [0.5, 0.6) is 5.75 Å². The predicted molar refractivity (Wildman–Crippen MR) is 98.0 cm³/mol. The number of hydrogen-bond donors (Lipinski definition) is 1. The van der Waals surface area contributed by atoms with E-state index >= 15 is 0 Å². The number of esters is 1. The van der Waals surface area contributed by atoms with E-state index in [0.29, 0.717) is 12.1 Å². The lowest BCUT2D eigenvalue weighted by Crippen LogP contribution is -2.37. The SMILES string of the molecule is Cc1c2[nH]c3cc(OC(=O)C(F)(F)F)ccc3c2cc[n+]1Cc1ccccc1. The lowest BCUT2D eigenvalue weighted by atomic mass is 10.1. The number of nitrogens with zero attached hydrogens (tertiary/aromatic N) is 1. The number of aryl methyl sites for hydroxylation is 1. The van der Waals surface area contributed by atoms with Crippen molar-refractivity contribution in [2.75, 3.05) is 0 Å². The number of benzene rings is 2. The maximum atomic E-state index is 12.4. The van der Waals surface area contributed by atoms with Crippen LogP contribution < -0.4 is 9.30 Å². The Morgan fingerprint density at radius 2 is 1.82 bits per heavy atom. The Hall–Kier alpha value is -3.35. The summed E-state index contributed by atoms with van der Waals surface area (Å²) >= 11 is 0. The number of ether oxygens (including phenoxy) is 1. The van der Waals surface area contributed by atoms with E-state index in [1.165, 1.54) is 12.1 Å². The minimum atomic E-state index is -5.03. The van der Waals surface area contributed by atoms with E-state index in [1.54, 1.807) is 6.07 Å². The second-order valence-electron chi connectivity index (χ2n) is 6.52. The average Bonchev–Trinajstić information content (AvgIpc) is 3.03. The van der Waals surface area contributed by atoms with Gasteiger partial charge < -0.3 is 9.72 Å². The zero-order chi connectivity index (χ0) is 19.9. The van der Waals surface area contributed by atoms with Gasteiger partial charge in [0.2, 0.25) is 5.69 Å². The van der Waals surface area contributed by atoms with Gasteiger partial charge in [0.15, 0.2) is 12.7 Å². The van der Waals surface area contributed by atoms with Gasteiger partial charge in [-0.25, -0.2) is 4.79 Å². The van der Waals surface area contributed by atoms with Crippen molar-refractivity contribution in [1.82, 2.24) is 4.98 Å². The summed E-state index contributed by atoms with van der Waals surface area (Å²) in [4.78, 5) is 14.3. The first-order valence-electron chi connectivity index (χ1n) is 8.60. The quantitative estimate of drug-likeness (QED) is 0.322. The van der Waals surface area contributed by atoms with Crippen molar-refractivity contribution in [2.24, 2.45) is 0 Å². The van der Waals surface area contributed by atoms with Crippen molar-refractivity contribution in [1.29, 1.82) is 0 Å². The first kappa shape index (κ1) is 18.0. The van der Waals surface area contributed by atoms with E-state index in [4.69, 9.17) is 0 Å². The van der Waals surface area contributed by atoms with Gasteiger partial charge >= 0.3 is 12.1 Å². The maximum Gasteiger partial charge on any atom is 0.491 e. The third-order valence-corrected chi connectivity index (χ3v) is 4.66. The molecule has 0 saturated carbocycles. The van der Waals surface area contributed by atoms with Crippen LogP contribution in [0.1, 0.15) is 11.3 Å². The number of hydrogen-bond acceptors (Lipinski definition) is 2. The highest BCUT2D eigenvalue weighted by Gasteiger charge is 2.41. The van der Waals surface area contributed by atoms with Crippen molar-refractivity contribution >= 4 is 27.8 Å². The lowest BCUT2D eigenvalue weighted by Gasteiger charge is -2.06. The fourth-order valence-corrected chi connectivity index (χ4v) is 3.26. The molecule has 0 bridgehead atoms. The van der Waals surface area contributed by atoms with Crippen LogP contribution in [0, 0.1) is 6.92 Å². The van der Waals surface area contributed by atoms with Gasteiger partial charge in [0.05, 0.1) is 5.52 Å². The molecule has 0 aliphatic heterocycles. The van der Waals surface area contributed by atoms with E-state index in [2.05, 4.69) is 14.3 Å². The summed E-state index contributed by atoms with van der Waals surface area (Å²) in [6, 6.07) is 16.4. The predicted octanol–water partition coefficient (Wildman–Crippen LogP) is 4.43. The van der Waals surface area contributed by atoms with E-state index in [9.17, 15) is 18.0 Å². The van der Waals surface area contributed by atoms with Crippen LogP contribution in [0.4, 0.5) is 13.2 Å². The van der Waals surface area contributed by atoms with Gasteiger partial charge in [-0.15, -0.1) is 0 Å². The van der Waals surface area contributed by atoms with Crippen molar-refractivity contribution in [3.05, 3.63) is 72.1 Å². The molecule has 1 N–H and O–H groups in total. The summed E-state index contributed by atoms with van der Waals surface area (Å²) in [5.74, 6) is -2.39. The van der Waals surface area contributed by atoms with Gasteiger partial charge in [-0.05, 0) is 12.1 Å². The molecule has 7 heteroatoms. The molecule has 4 aromatic rings. The molecule has 0 atom stereocenters. The number of carbonyl (C=O) groups excluding carboxylic acids is 1. The first-order chi connectivity index (χ1) is 13.3. The number of fused-ring (bicyclic) bond motifs is 3. The van der Waals surface area contributed by atoms with Crippen molar-refractivity contribution in [3.8, 4) is 5.75 Å². The molecule has 0 aliphatic carbocycles. The standard InChI is InChI=1S/C21H15F3N2O2/c1-13-19-17(9-10-26(13)12-14-5-3-2-4-6-14)16-8-7-15(11-18(16)25-19)28-20(27)21(22,23)24/h2-11H,12H2,1H3/p+1. The minimum Gasteiger partial charge on any atom is -0.420 e. The third kappa shape index (κ3) is 3.31. The van der Waals surface area contributed by atoms with E-state index in [-0.39, 0.29) is 5.75 Å². The Morgan fingerprint density at radius 1 is 1.07 bits per heavy atom. The van der Waals surface area contributed by atoms with Gasteiger partial charge in [-0.1, -0.05) is 30.3 Å². The van der Waals surface area contributed by atoms with Crippen LogP contribution in [-0.2, 0) is 11.3 Å². The second kappa shape index (κ2) is 6.67. The Balaban J connectivity index is 1.72. The molecule has 0 saturated heterocycles. The number of pyridine rings is 1. The van der Waals surface area contributed by atoms with Gasteiger partial charge in [-0.2, -0.15) is 17.7 Å². The zero-order valence-electron chi connectivity index (χ0n) is 14.9. The van der Waals surface area contributed by atoms with E-state index in [0.717, 1.165) is 27.5 Å². The first-order valence-corrected chi connectivity index (χ1v) is 8.60. The normalized spacial score (nSPS) is 11.9. The fraction of sp³-hybridized carbons (Fsp3) is 0.143. The van der Waals surface area contributed by atoms with Crippen LogP contribution in [0.15, 0.2) is 60.8 Å². The van der Waals surface area contributed by atoms with Crippen molar-refractivity contribution < 1.29 is 27.3 Å².